The highest BCUT2D eigenvalue weighted by Crippen LogP contribution is 2.37. The number of furan rings is 1. The Bertz CT molecular complexity index is 1080. The van der Waals surface area contributed by atoms with Crippen molar-refractivity contribution in [3.05, 3.63) is 88.0 Å². The molecular formula is C23H19NO2S3. The van der Waals surface area contributed by atoms with E-state index >= 15 is 0 Å². The van der Waals surface area contributed by atoms with E-state index in [2.05, 4.69) is 18.2 Å². The van der Waals surface area contributed by atoms with Gasteiger partial charge in [0, 0.05) is 11.8 Å². The summed E-state index contributed by atoms with van der Waals surface area (Å²) in [6.07, 6.45) is 1.77. The first-order valence-corrected chi connectivity index (χ1v) is 11.3. The average Bonchev–Trinajstić information content (AvgIpc) is 3.24. The summed E-state index contributed by atoms with van der Waals surface area (Å²) in [6, 6.07) is 20.1. The van der Waals surface area contributed by atoms with Gasteiger partial charge in [0.05, 0.1) is 10.6 Å². The van der Waals surface area contributed by atoms with E-state index in [0.29, 0.717) is 15.0 Å². The molecule has 0 N–H and O–H groups in total. The first-order chi connectivity index (χ1) is 14.0. The number of carbonyl (C=O) groups is 1. The summed E-state index contributed by atoms with van der Waals surface area (Å²) in [5.41, 5.74) is 4.25. The average molecular weight is 438 g/mol. The fourth-order valence-electron chi connectivity index (χ4n) is 3.12. The minimum absolute atomic E-state index is 0.111. The molecule has 0 aliphatic carbocycles. The smallest absolute Gasteiger partial charge is 0.270 e. The third-order valence-corrected chi connectivity index (χ3v) is 6.64. The molecule has 3 aromatic rings. The van der Waals surface area contributed by atoms with Crippen LogP contribution in [0.15, 0.2) is 75.1 Å². The van der Waals surface area contributed by atoms with Crippen LogP contribution in [0.5, 0.6) is 0 Å². The van der Waals surface area contributed by atoms with Crippen molar-refractivity contribution in [1.82, 2.24) is 0 Å². The number of amides is 1. The third-order valence-electron chi connectivity index (χ3n) is 4.36. The largest absolute Gasteiger partial charge is 0.450 e. The molecule has 1 fully saturated rings. The number of thiocarbonyl (C=S) groups is 1. The number of benzene rings is 2. The number of thioether (sulfide) groups is 2. The second kappa shape index (κ2) is 8.61. The molecule has 3 nitrogen and oxygen atoms in total. The zero-order valence-electron chi connectivity index (χ0n) is 16.0. The van der Waals surface area contributed by atoms with E-state index in [1.165, 1.54) is 17.3 Å². The molecule has 146 valence electrons. The first-order valence-electron chi connectivity index (χ1n) is 9.12. The van der Waals surface area contributed by atoms with Crippen LogP contribution in [0.1, 0.15) is 22.5 Å². The Balaban J connectivity index is 1.49. The Labute approximate surface area is 184 Å². The SMILES string of the molecule is Cc1cc(C)cc(N2C(=O)/C(=C/c3ccc(SCc4ccccc4)o3)SC2=S)c1. The molecule has 1 amide bonds. The van der Waals surface area contributed by atoms with Crippen molar-refractivity contribution in [2.45, 2.75) is 24.7 Å². The van der Waals surface area contributed by atoms with Gasteiger partial charge in [-0.05, 0) is 54.8 Å². The number of anilines is 1. The van der Waals surface area contributed by atoms with Gasteiger partial charge in [0.25, 0.3) is 5.91 Å². The molecule has 1 aromatic heterocycles. The number of hydrogen-bond acceptors (Lipinski definition) is 5. The second-order valence-electron chi connectivity index (χ2n) is 6.79. The van der Waals surface area contributed by atoms with E-state index in [0.717, 1.165) is 27.7 Å². The van der Waals surface area contributed by atoms with Crippen molar-refractivity contribution in [2.24, 2.45) is 0 Å². The van der Waals surface area contributed by atoms with E-state index in [1.807, 2.05) is 56.3 Å². The van der Waals surface area contributed by atoms with E-state index in [-0.39, 0.29) is 5.91 Å². The number of nitrogens with zero attached hydrogens (tertiary/aromatic N) is 1. The highest BCUT2D eigenvalue weighted by molar-refractivity contribution is 8.27. The molecule has 1 aliphatic rings. The Kier molecular flexibility index (Phi) is 5.94. The molecular weight excluding hydrogens is 418 g/mol. The summed E-state index contributed by atoms with van der Waals surface area (Å²) in [6.45, 7) is 4.03. The van der Waals surface area contributed by atoms with Crippen molar-refractivity contribution in [2.75, 3.05) is 4.90 Å². The number of aryl methyl sites for hydroxylation is 2. The van der Waals surface area contributed by atoms with Crippen LogP contribution >= 0.6 is 35.7 Å². The van der Waals surface area contributed by atoms with Crippen molar-refractivity contribution < 1.29 is 9.21 Å². The maximum atomic E-state index is 13.0. The molecule has 4 rings (SSSR count). The van der Waals surface area contributed by atoms with Gasteiger partial charge < -0.3 is 4.42 Å². The topological polar surface area (TPSA) is 33.5 Å². The lowest BCUT2D eigenvalue weighted by Crippen LogP contribution is -2.27. The van der Waals surface area contributed by atoms with E-state index < -0.39 is 0 Å². The highest BCUT2D eigenvalue weighted by Gasteiger charge is 2.33. The Hall–Kier alpha value is -2.28. The molecule has 2 aromatic carbocycles. The lowest BCUT2D eigenvalue weighted by molar-refractivity contribution is -0.113. The molecule has 0 saturated carbocycles. The molecule has 1 aliphatic heterocycles. The normalized spacial score (nSPS) is 15.5. The Morgan fingerprint density at radius 2 is 1.79 bits per heavy atom. The van der Waals surface area contributed by atoms with Crippen LogP contribution in [0.25, 0.3) is 6.08 Å². The van der Waals surface area contributed by atoms with Crippen LogP contribution in [-0.2, 0) is 10.5 Å². The lowest BCUT2D eigenvalue weighted by atomic mass is 10.1. The highest BCUT2D eigenvalue weighted by atomic mass is 32.2. The minimum Gasteiger partial charge on any atom is -0.450 e. The standard InChI is InChI=1S/C23H19NO2S3/c1-15-10-16(2)12-18(11-15)24-22(25)20(29-23(24)27)13-19-8-9-21(26-19)28-14-17-6-4-3-5-7-17/h3-13H,14H2,1-2H3/b20-13-. The van der Waals surface area contributed by atoms with Crippen LogP contribution in [0.4, 0.5) is 5.69 Å². The van der Waals surface area contributed by atoms with Gasteiger partial charge in [-0.15, -0.1) is 0 Å². The van der Waals surface area contributed by atoms with Crippen LogP contribution in [0.3, 0.4) is 0 Å². The summed E-state index contributed by atoms with van der Waals surface area (Å²) in [7, 11) is 0. The molecule has 0 bridgehead atoms. The van der Waals surface area contributed by atoms with Gasteiger partial charge in [0.15, 0.2) is 9.41 Å². The van der Waals surface area contributed by atoms with Gasteiger partial charge in [-0.3, -0.25) is 9.69 Å². The maximum absolute atomic E-state index is 13.0. The number of carbonyl (C=O) groups excluding carboxylic acids is 1. The van der Waals surface area contributed by atoms with Gasteiger partial charge >= 0.3 is 0 Å². The van der Waals surface area contributed by atoms with Crippen LogP contribution < -0.4 is 4.90 Å². The van der Waals surface area contributed by atoms with Gasteiger partial charge in [-0.1, -0.05) is 72.1 Å². The predicted molar refractivity (Wildman–Crippen MR) is 126 cm³/mol. The van der Waals surface area contributed by atoms with Crippen molar-refractivity contribution in [3.63, 3.8) is 0 Å². The quantitative estimate of drug-likeness (QED) is 0.255. The fraction of sp³-hybridized carbons (Fsp3) is 0.130. The van der Waals surface area contributed by atoms with Gasteiger partial charge in [-0.25, -0.2) is 0 Å². The third kappa shape index (κ3) is 4.66. The van der Waals surface area contributed by atoms with E-state index in [9.17, 15) is 4.79 Å². The predicted octanol–water partition coefficient (Wildman–Crippen LogP) is 6.59. The lowest BCUT2D eigenvalue weighted by Gasteiger charge is -2.16. The van der Waals surface area contributed by atoms with Gasteiger partial charge in [-0.2, -0.15) is 0 Å². The van der Waals surface area contributed by atoms with Gasteiger partial charge in [0.2, 0.25) is 0 Å². The van der Waals surface area contributed by atoms with Crippen molar-refractivity contribution in [1.29, 1.82) is 0 Å². The monoisotopic (exact) mass is 437 g/mol. The number of rotatable bonds is 5. The fourth-order valence-corrected chi connectivity index (χ4v) is 5.22. The maximum Gasteiger partial charge on any atom is 0.270 e. The molecule has 29 heavy (non-hydrogen) atoms. The van der Waals surface area contributed by atoms with Crippen LogP contribution in [0, 0.1) is 13.8 Å². The zero-order valence-corrected chi connectivity index (χ0v) is 18.5. The molecule has 6 heteroatoms. The molecule has 0 radical (unpaired) electrons. The van der Waals surface area contributed by atoms with Gasteiger partial charge in [0.1, 0.15) is 5.76 Å². The zero-order chi connectivity index (χ0) is 20.4. The van der Waals surface area contributed by atoms with Crippen molar-refractivity contribution >= 4 is 57.7 Å². The van der Waals surface area contributed by atoms with E-state index in [1.54, 1.807) is 22.7 Å². The summed E-state index contributed by atoms with van der Waals surface area (Å²) in [4.78, 5) is 15.1. The molecule has 0 atom stereocenters. The summed E-state index contributed by atoms with van der Waals surface area (Å²) < 4.78 is 6.43. The van der Waals surface area contributed by atoms with E-state index in [4.69, 9.17) is 16.6 Å². The van der Waals surface area contributed by atoms with Crippen molar-refractivity contribution in [3.8, 4) is 0 Å². The Morgan fingerprint density at radius 1 is 1.07 bits per heavy atom. The first kappa shape index (κ1) is 20.0. The van der Waals surface area contributed by atoms with Crippen LogP contribution in [0.2, 0.25) is 0 Å². The molecule has 1 saturated heterocycles. The number of hydrogen-bond donors (Lipinski definition) is 0. The second-order valence-corrected chi connectivity index (χ2v) is 9.45. The summed E-state index contributed by atoms with van der Waals surface area (Å²) >= 11 is 8.41. The summed E-state index contributed by atoms with van der Waals surface area (Å²) in [5.74, 6) is 1.38. The molecule has 0 unspecified atom stereocenters. The Morgan fingerprint density at radius 3 is 2.52 bits per heavy atom. The molecule has 2 heterocycles. The minimum atomic E-state index is -0.111. The summed E-state index contributed by atoms with van der Waals surface area (Å²) in [5, 5.41) is 0.824. The van der Waals surface area contributed by atoms with Crippen LogP contribution in [-0.4, -0.2) is 10.2 Å². The molecule has 0 spiro atoms.